The maximum absolute atomic E-state index is 13.7. The molecule has 1 unspecified atom stereocenters. The van der Waals surface area contributed by atoms with Gasteiger partial charge in [0.05, 0.1) is 23.7 Å². The maximum atomic E-state index is 13.7. The van der Waals surface area contributed by atoms with E-state index in [-0.39, 0.29) is 17.5 Å². The molecule has 0 fully saturated rings. The number of nitrogens with zero attached hydrogens (tertiary/aromatic N) is 1. The molecule has 1 aliphatic heterocycles. The summed E-state index contributed by atoms with van der Waals surface area (Å²) in [6.07, 6.45) is 0.558. The zero-order chi connectivity index (χ0) is 26.1. The molecule has 1 heterocycles. The maximum Gasteiger partial charge on any atom is 0.264 e. The first-order valence-electron chi connectivity index (χ1n) is 11.8. The molecule has 0 aliphatic carbocycles. The number of rotatable bonds is 7. The highest BCUT2D eigenvalue weighted by Crippen LogP contribution is 2.40. The van der Waals surface area contributed by atoms with E-state index in [1.807, 2.05) is 45.9 Å². The van der Waals surface area contributed by atoms with Crippen molar-refractivity contribution in [2.75, 3.05) is 18.0 Å². The Morgan fingerprint density at radius 1 is 1.03 bits per heavy atom. The molecule has 8 heteroatoms. The lowest BCUT2D eigenvalue weighted by Crippen LogP contribution is -2.45. The van der Waals surface area contributed by atoms with Crippen molar-refractivity contribution in [3.05, 3.63) is 83.4 Å². The molecule has 36 heavy (non-hydrogen) atoms. The van der Waals surface area contributed by atoms with Gasteiger partial charge in [0.2, 0.25) is 5.91 Å². The van der Waals surface area contributed by atoms with Gasteiger partial charge in [0.25, 0.3) is 10.0 Å². The van der Waals surface area contributed by atoms with Crippen molar-refractivity contribution in [2.24, 2.45) is 0 Å². The number of sulfonamides is 1. The predicted octanol–water partition coefficient (Wildman–Crippen LogP) is 4.93. The van der Waals surface area contributed by atoms with Crippen LogP contribution in [-0.2, 0) is 14.8 Å². The number of hydrogen-bond donors (Lipinski definition) is 1. The van der Waals surface area contributed by atoms with E-state index in [0.717, 1.165) is 26.7 Å². The fourth-order valence-electron chi connectivity index (χ4n) is 4.36. The van der Waals surface area contributed by atoms with Crippen LogP contribution in [0.3, 0.4) is 0 Å². The van der Waals surface area contributed by atoms with Gasteiger partial charge >= 0.3 is 0 Å². The molecule has 0 saturated carbocycles. The summed E-state index contributed by atoms with van der Waals surface area (Å²) in [7, 11) is -2.47. The molecule has 4 rings (SSSR count). The molecule has 1 N–H and O–H groups in total. The number of benzene rings is 3. The summed E-state index contributed by atoms with van der Waals surface area (Å²) >= 11 is 0. The number of methoxy groups -OCH3 is 1. The Morgan fingerprint density at radius 2 is 1.67 bits per heavy atom. The third-order valence-corrected chi connectivity index (χ3v) is 8.01. The van der Waals surface area contributed by atoms with Crippen molar-refractivity contribution in [1.82, 2.24) is 5.32 Å². The zero-order valence-electron chi connectivity index (χ0n) is 21.2. The second-order valence-electron chi connectivity index (χ2n) is 9.75. The van der Waals surface area contributed by atoms with Crippen LogP contribution in [0.15, 0.2) is 71.6 Å². The number of amides is 1. The lowest BCUT2D eigenvalue weighted by Gasteiger charge is -2.38. The number of anilines is 1. The Balaban J connectivity index is 1.65. The highest BCUT2D eigenvalue weighted by molar-refractivity contribution is 7.92. The lowest BCUT2D eigenvalue weighted by atomic mass is 9.89. The summed E-state index contributed by atoms with van der Waals surface area (Å²) in [5.74, 6) is 0.916. The molecular formula is C28H32N2O5S. The van der Waals surface area contributed by atoms with Crippen LogP contribution in [0.1, 0.15) is 43.0 Å². The Kier molecular flexibility index (Phi) is 7.00. The van der Waals surface area contributed by atoms with E-state index in [2.05, 4.69) is 5.32 Å². The normalized spacial score (nSPS) is 16.4. The van der Waals surface area contributed by atoms with E-state index in [1.54, 1.807) is 48.5 Å². The summed E-state index contributed by atoms with van der Waals surface area (Å²) in [5.41, 5.74) is 2.77. The van der Waals surface area contributed by atoms with Gasteiger partial charge in [-0.25, -0.2) is 8.42 Å². The summed E-state index contributed by atoms with van der Waals surface area (Å²) in [6.45, 7) is 7.45. The number of hydrogen-bond acceptors (Lipinski definition) is 5. The first-order valence-corrected chi connectivity index (χ1v) is 13.2. The molecule has 0 aromatic heterocycles. The fourth-order valence-corrected chi connectivity index (χ4v) is 5.78. The van der Waals surface area contributed by atoms with Crippen LogP contribution in [0.2, 0.25) is 0 Å². The average molecular weight is 509 g/mol. The van der Waals surface area contributed by atoms with Gasteiger partial charge in [0, 0.05) is 12.0 Å². The van der Waals surface area contributed by atoms with Gasteiger partial charge in [0.1, 0.15) is 23.6 Å². The molecule has 1 amide bonds. The SMILES string of the molecule is COc1ccc(N(CC(=O)NC2CC(C)(C)Oc3cc(C)ccc32)S(=O)(=O)c2ccc(C)cc2)cc1. The minimum absolute atomic E-state index is 0.115. The van der Waals surface area contributed by atoms with Crippen LogP contribution in [-0.4, -0.2) is 33.6 Å². The third-order valence-electron chi connectivity index (χ3n) is 6.22. The van der Waals surface area contributed by atoms with Gasteiger partial charge in [0.15, 0.2) is 0 Å². The molecule has 0 spiro atoms. The van der Waals surface area contributed by atoms with Crippen molar-refractivity contribution < 1.29 is 22.7 Å². The predicted molar refractivity (Wildman–Crippen MR) is 140 cm³/mol. The van der Waals surface area contributed by atoms with E-state index < -0.39 is 21.5 Å². The number of ether oxygens (including phenoxy) is 2. The molecule has 7 nitrogen and oxygen atoms in total. The molecule has 0 radical (unpaired) electrons. The molecule has 190 valence electrons. The van der Waals surface area contributed by atoms with Gasteiger partial charge in [-0.05, 0) is 75.7 Å². The summed E-state index contributed by atoms with van der Waals surface area (Å²) in [5, 5.41) is 3.06. The van der Waals surface area contributed by atoms with E-state index in [4.69, 9.17) is 9.47 Å². The molecule has 3 aromatic rings. The Bertz CT molecular complexity index is 1350. The van der Waals surface area contributed by atoms with Crippen LogP contribution in [0.25, 0.3) is 0 Å². The third kappa shape index (κ3) is 5.49. The highest BCUT2D eigenvalue weighted by Gasteiger charge is 2.35. The number of carbonyl (C=O) groups excluding carboxylic acids is 1. The Labute approximate surface area is 213 Å². The topological polar surface area (TPSA) is 84.9 Å². The van der Waals surface area contributed by atoms with Gasteiger partial charge in [-0.3, -0.25) is 9.10 Å². The number of fused-ring (bicyclic) bond motifs is 1. The molecule has 1 aliphatic rings. The number of carbonyl (C=O) groups is 1. The van der Waals surface area contributed by atoms with E-state index in [9.17, 15) is 13.2 Å². The lowest BCUT2D eigenvalue weighted by molar-refractivity contribution is -0.120. The van der Waals surface area contributed by atoms with Crippen molar-refractivity contribution in [2.45, 2.75) is 50.7 Å². The van der Waals surface area contributed by atoms with E-state index >= 15 is 0 Å². The van der Waals surface area contributed by atoms with E-state index in [0.29, 0.717) is 17.9 Å². The van der Waals surface area contributed by atoms with Gasteiger partial charge in [-0.1, -0.05) is 29.8 Å². The van der Waals surface area contributed by atoms with Crippen molar-refractivity contribution in [1.29, 1.82) is 0 Å². The second-order valence-corrected chi connectivity index (χ2v) is 11.6. The van der Waals surface area contributed by atoms with Gasteiger partial charge in [-0.15, -0.1) is 0 Å². The Hall–Kier alpha value is -3.52. The van der Waals surface area contributed by atoms with Gasteiger partial charge < -0.3 is 14.8 Å². The average Bonchev–Trinajstić information content (AvgIpc) is 2.82. The monoisotopic (exact) mass is 508 g/mol. The smallest absolute Gasteiger partial charge is 0.264 e. The molecule has 0 bridgehead atoms. The summed E-state index contributed by atoms with van der Waals surface area (Å²) < 4.78 is 39.8. The van der Waals surface area contributed by atoms with Crippen molar-refractivity contribution in [3.8, 4) is 11.5 Å². The fraction of sp³-hybridized carbons (Fsp3) is 0.321. The summed E-state index contributed by atoms with van der Waals surface area (Å²) in [6, 6.07) is 18.8. The highest BCUT2D eigenvalue weighted by atomic mass is 32.2. The Morgan fingerprint density at radius 3 is 2.31 bits per heavy atom. The first kappa shape index (κ1) is 25.6. The molecule has 3 aromatic carbocycles. The minimum atomic E-state index is -4.01. The van der Waals surface area contributed by atoms with Gasteiger partial charge in [-0.2, -0.15) is 0 Å². The van der Waals surface area contributed by atoms with Crippen LogP contribution >= 0.6 is 0 Å². The number of aryl methyl sites for hydroxylation is 2. The molecular weight excluding hydrogens is 476 g/mol. The second kappa shape index (κ2) is 9.85. The summed E-state index contributed by atoms with van der Waals surface area (Å²) in [4.78, 5) is 13.5. The molecule has 1 atom stereocenters. The largest absolute Gasteiger partial charge is 0.497 e. The minimum Gasteiger partial charge on any atom is -0.497 e. The first-order chi connectivity index (χ1) is 17.0. The van der Waals surface area contributed by atoms with Crippen molar-refractivity contribution in [3.63, 3.8) is 0 Å². The van der Waals surface area contributed by atoms with E-state index in [1.165, 1.54) is 7.11 Å². The zero-order valence-corrected chi connectivity index (χ0v) is 22.1. The van der Waals surface area contributed by atoms with Crippen LogP contribution in [0.5, 0.6) is 11.5 Å². The quantitative estimate of drug-likeness (QED) is 0.489. The van der Waals surface area contributed by atoms with Crippen LogP contribution < -0.4 is 19.1 Å². The molecule has 0 saturated heterocycles. The van der Waals surface area contributed by atoms with Crippen LogP contribution in [0, 0.1) is 13.8 Å². The number of nitrogens with one attached hydrogen (secondary N) is 1. The standard InChI is InChI=1S/C28H32N2O5S/c1-19-6-13-23(14-7-19)36(32,33)30(21-9-11-22(34-5)12-10-21)18-27(31)29-25-17-28(3,4)35-26-16-20(2)8-15-24(25)26/h6-16,25H,17-18H2,1-5H3,(H,29,31). The van der Waals surface area contributed by atoms with Crippen molar-refractivity contribution >= 4 is 21.6 Å². The van der Waals surface area contributed by atoms with Crippen LogP contribution in [0.4, 0.5) is 5.69 Å².